The van der Waals surface area contributed by atoms with E-state index in [1.807, 2.05) is 20.8 Å². The first-order valence-corrected chi connectivity index (χ1v) is 6.19. The summed E-state index contributed by atoms with van der Waals surface area (Å²) in [7, 11) is 0. The molecular weight excluding hydrogens is 232 g/mol. The van der Waals surface area contributed by atoms with E-state index in [0.717, 1.165) is 15.6 Å². The molecule has 5 heteroatoms. The van der Waals surface area contributed by atoms with Crippen molar-refractivity contribution in [2.75, 3.05) is 5.88 Å². The van der Waals surface area contributed by atoms with Crippen LogP contribution in [0, 0.1) is 13.8 Å². The SMILES string of the molecule is Cc1nc(C)c(C(C)NC(=O)CCCl)s1. The highest BCUT2D eigenvalue weighted by atomic mass is 35.5. The highest BCUT2D eigenvalue weighted by Crippen LogP contribution is 2.24. The average molecular weight is 247 g/mol. The van der Waals surface area contributed by atoms with Crippen LogP contribution in [0.15, 0.2) is 0 Å². The zero-order chi connectivity index (χ0) is 11.4. The number of nitrogens with zero attached hydrogens (tertiary/aromatic N) is 1. The topological polar surface area (TPSA) is 42.0 Å². The summed E-state index contributed by atoms with van der Waals surface area (Å²) in [6.07, 6.45) is 0.364. The summed E-state index contributed by atoms with van der Waals surface area (Å²) in [6.45, 7) is 5.89. The largest absolute Gasteiger partial charge is 0.349 e. The van der Waals surface area contributed by atoms with Crippen LogP contribution in [0.1, 0.15) is 35.0 Å². The van der Waals surface area contributed by atoms with E-state index in [-0.39, 0.29) is 11.9 Å². The van der Waals surface area contributed by atoms with E-state index < -0.39 is 0 Å². The molecule has 0 spiro atoms. The molecule has 1 aromatic rings. The van der Waals surface area contributed by atoms with E-state index in [1.165, 1.54) is 0 Å². The minimum Gasteiger partial charge on any atom is -0.349 e. The van der Waals surface area contributed by atoms with Crippen molar-refractivity contribution in [2.45, 2.75) is 33.2 Å². The van der Waals surface area contributed by atoms with E-state index in [0.29, 0.717) is 12.3 Å². The number of hydrogen-bond acceptors (Lipinski definition) is 3. The smallest absolute Gasteiger partial charge is 0.221 e. The third-order valence-electron chi connectivity index (χ3n) is 2.03. The molecule has 0 aliphatic heterocycles. The van der Waals surface area contributed by atoms with Gasteiger partial charge in [0.25, 0.3) is 0 Å². The molecule has 0 saturated carbocycles. The number of thiazole rings is 1. The molecule has 1 rings (SSSR count). The van der Waals surface area contributed by atoms with Crippen molar-refractivity contribution in [3.8, 4) is 0 Å². The van der Waals surface area contributed by atoms with Gasteiger partial charge in [0.1, 0.15) is 0 Å². The van der Waals surface area contributed by atoms with Crippen LogP contribution in [0.4, 0.5) is 0 Å². The molecule has 0 fully saturated rings. The number of nitrogens with one attached hydrogen (secondary N) is 1. The van der Waals surface area contributed by atoms with Crippen LogP contribution in [0.3, 0.4) is 0 Å². The third-order valence-corrected chi connectivity index (χ3v) is 3.48. The van der Waals surface area contributed by atoms with Crippen LogP contribution in [0.2, 0.25) is 0 Å². The first kappa shape index (κ1) is 12.5. The summed E-state index contributed by atoms with van der Waals surface area (Å²) < 4.78 is 0. The van der Waals surface area contributed by atoms with Crippen molar-refractivity contribution >= 4 is 28.8 Å². The Labute approximate surface area is 98.9 Å². The van der Waals surface area contributed by atoms with E-state index in [1.54, 1.807) is 11.3 Å². The third kappa shape index (κ3) is 3.47. The van der Waals surface area contributed by atoms with Crippen LogP contribution in [-0.4, -0.2) is 16.8 Å². The second kappa shape index (κ2) is 5.47. The van der Waals surface area contributed by atoms with Gasteiger partial charge < -0.3 is 5.32 Å². The molecule has 3 nitrogen and oxygen atoms in total. The Morgan fingerprint density at radius 3 is 2.73 bits per heavy atom. The van der Waals surface area contributed by atoms with Crippen LogP contribution in [-0.2, 0) is 4.79 Å². The summed E-state index contributed by atoms with van der Waals surface area (Å²) in [6, 6.07) is 0.0203. The van der Waals surface area contributed by atoms with Gasteiger partial charge in [0.05, 0.1) is 16.7 Å². The van der Waals surface area contributed by atoms with E-state index in [9.17, 15) is 4.79 Å². The number of carbonyl (C=O) groups excluding carboxylic acids is 1. The fraction of sp³-hybridized carbons (Fsp3) is 0.600. The normalized spacial score (nSPS) is 12.5. The Bertz CT molecular complexity index is 351. The van der Waals surface area contributed by atoms with Gasteiger partial charge in [-0.3, -0.25) is 4.79 Å². The minimum atomic E-state index is -0.0112. The van der Waals surface area contributed by atoms with Crippen LogP contribution in [0.5, 0.6) is 0 Å². The second-order valence-corrected chi connectivity index (χ2v) is 5.02. The Morgan fingerprint density at radius 1 is 1.60 bits per heavy atom. The first-order chi connectivity index (χ1) is 7.04. The summed E-state index contributed by atoms with van der Waals surface area (Å²) in [5.74, 6) is 0.349. The lowest BCUT2D eigenvalue weighted by molar-refractivity contribution is -0.121. The van der Waals surface area contributed by atoms with Crippen molar-refractivity contribution in [3.63, 3.8) is 0 Å². The zero-order valence-corrected chi connectivity index (χ0v) is 10.7. The average Bonchev–Trinajstić information content (AvgIpc) is 2.45. The Balaban J connectivity index is 2.64. The van der Waals surface area contributed by atoms with Gasteiger partial charge in [-0.15, -0.1) is 22.9 Å². The molecular formula is C10H15ClN2OS. The molecule has 1 N–H and O–H groups in total. The summed E-state index contributed by atoms with van der Waals surface area (Å²) in [5.41, 5.74) is 0.996. The van der Waals surface area contributed by atoms with Gasteiger partial charge in [-0.25, -0.2) is 4.98 Å². The van der Waals surface area contributed by atoms with Crippen LogP contribution >= 0.6 is 22.9 Å². The van der Waals surface area contributed by atoms with E-state index in [4.69, 9.17) is 11.6 Å². The van der Waals surface area contributed by atoms with Gasteiger partial charge >= 0.3 is 0 Å². The number of alkyl halides is 1. The predicted octanol–water partition coefficient (Wildman–Crippen LogP) is 2.57. The van der Waals surface area contributed by atoms with Gasteiger partial charge in [0.15, 0.2) is 0 Å². The lowest BCUT2D eigenvalue weighted by atomic mass is 10.2. The van der Waals surface area contributed by atoms with Crippen molar-refractivity contribution in [1.82, 2.24) is 10.3 Å². The summed E-state index contributed by atoms with van der Waals surface area (Å²) in [4.78, 5) is 16.8. The maximum absolute atomic E-state index is 11.3. The van der Waals surface area contributed by atoms with Crippen molar-refractivity contribution < 1.29 is 4.79 Å². The van der Waals surface area contributed by atoms with Crippen LogP contribution < -0.4 is 5.32 Å². The van der Waals surface area contributed by atoms with E-state index in [2.05, 4.69) is 10.3 Å². The molecule has 0 bridgehead atoms. The number of aryl methyl sites for hydroxylation is 2. The Kier molecular flexibility index (Phi) is 4.54. The van der Waals surface area contributed by atoms with Crippen molar-refractivity contribution in [2.24, 2.45) is 0 Å². The fourth-order valence-corrected chi connectivity index (χ4v) is 2.52. The molecule has 0 aliphatic carbocycles. The molecule has 0 aliphatic rings. The molecule has 84 valence electrons. The standard InChI is InChI=1S/C10H15ClN2OS/c1-6-10(15-8(3)12-6)7(2)13-9(14)4-5-11/h7H,4-5H2,1-3H3,(H,13,14). The number of aromatic nitrogens is 1. The fourth-order valence-electron chi connectivity index (χ4n) is 1.41. The molecule has 1 atom stereocenters. The zero-order valence-electron chi connectivity index (χ0n) is 9.13. The lowest BCUT2D eigenvalue weighted by Gasteiger charge is -2.12. The maximum Gasteiger partial charge on any atom is 0.221 e. The highest BCUT2D eigenvalue weighted by Gasteiger charge is 2.14. The van der Waals surface area contributed by atoms with E-state index >= 15 is 0 Å². The maximum atomic E-state index is 11.3. The number of rotatable bonds is 4. The molecule has 1 aromatic heterocycles. The van der Waals surface area contributed by atoms with Gasteiger partial charge in [0, 0.05) is 17.2 Å². The molecule has 1 heterocycles. The Morgan fingerprint density at radius 2 is 2.27 bits per heavy atom. The molecule has 0 saturated heterocycles. The molecule has 1 unspecified atom stereocenters. The van der Waals surface area contributed by atoms with Crippen LogP contribution in [0.25, 0.3) is 0 Å². The van der Waals surface area contributed by atoms with Crippen molar-refractivity contribution in [3.05, 3.63) is 15.6 Å². The number of hydrogen-bond donors (Lipinski definition) is 1. The molecule has 0 radical (unpaired) electrons. The minimum absolute atomic E-state index is 0.0112. The number of halogens is 1. The van der Waals surface area contributed by atoms with Gasteiger partial charge in [-0.1, -0.05) is 0 Å². The summed E-state index contributed by atoms with van der Waals surface area (Å²) in [5, 5.41) is 3.93. The van der Waals surface area contributed by atoms with Gasteiger partial charge in [-0.05, 0) is 20.8 Å². The quantitative estimate of drug-likeness (QED) is 0.830. The van der Waals surface area contributed by atoms with Gasteiger partial charge in [0.2, 0.25) is 5.91 Å². The molecule has 1 amide bonds. The predicted molar refractivity (Wildman–Crippen MR) is 63.5 cm³/mol. The van der Waals surface area contributed by atoms with Crippen molar-refractivity contribution in [1.29, 1.82) is 0 Å². The first-order valence-electron chi connectivity index (χ1n) is 4.84. The van der Waals surface area contributed by atoms with Gasteiger partial charge in [-0.2, -0.15) is 0 Å². The lowest BCUT2D eigenvalue weighted by Crippen LogP contribution is -2.26. The second-order valence-electron chi connectivity index (χ2n) is 3.41. The number of carbonyl (C=O) groups is 1. The number of amides is 1. The Hall–Kier alpha value is -0.610. The molecule has 15 heavy (non-hydrogen) atoms. The molecule has 0 aromatic carbocycles. The highest BCUT2D eigenvalue weighted by molar-refractivity contribution is 7.11. The monoisotopic (exact) mass is 246 g/mol. The summed E-state index contributed by atoms with van der Waals surface area (Å²) >= 11 is 7.11.